The summed E-state index contributed by atoms with van der Waals surface area (Å²) in [7, 11) is 1.99. The SMILES string of the molecule is Cc1csc2c(N3CCCC(N(C)C(=O)C4CCC4)C3)ncnc12. The second kappa shape index (κ2) is 6.31. The van der Waals surface area contributed by atoms with E-state index in [-0.39, 0.29) is 12.0 Å². The van der Waals surface area contributed by atoms with Crippen molar-refractivity contribution in [3.63, 3.8) is 0 Å². The molecule has 1 aliphatic heterocycles. The highest BCUT2D eigenvalue weighted by molar-refractivity contribution is 7.18. The monoisotopic (exact) mass is 344 g/mol. The minimum Gasteiger partial charge on any atom is -0.353 e. The average Bonchev–Trinajstić information content (AvgIpc) is 2.94. The second-order valence-corrected chi connectivity index (χ2v) is 7.99. The Bertz CT molecular complexity index is 755. The van der Waals surface area contributed by atoms with Crippen molar-refractivity contribution in [2.75, 3.05) is 25.0 Å². The molecule has 2 aliphatic rings. The topological polar surface area (TPSA) is 49.3 Å². The molecule has 128 valence electrons. The van der Waals surface area contributed by atoms with Crippen LogP contribution in [0.5, 0.6) is 0 Å². The quantitative estimate of drug-likeness (QED) is 0.858. The molecule has 2 fully saturated rings. The molecule has 1 atom stereocenters. The van der Waals surface area contributed by atoms with E-state index >= 15 is 0 Å². The number of carbonyl (C=O) groups excluding carboxylic acids is 1. The summed E-state index contributed by atoms with van der Waals surface area (Å²) in [5.74, 6) is 1.65. The Balaban J connectivity index is 1.54. The lowest BCUT2D eigenvalue weighted by molar-refractivity contribution is -0.139. The molecule has 5 nitrogen and oxygen atoms in total. The van der Waals surface area contributed by atoms with Crippen LogP contribution in [0.15, 0.2) is 11.7 Å². The predicted molar refractivity (Wildman–Crippen MR) is 97.5 cm³/mol. The van der Waals surface area contributed by atoms with E-state index in [9.17, 15) is 4.79 Å². The molecule has 0 spiro atoms. The first kappa shape index (κ1) is 15.8. The zero-order valence-electron chi connectivity index (χ0n) is 14.4. The number of hydrogen-bond acceptors (Lipinski definition) is 5. The Morgan fingerprint density at radius 3 is 2.88 bits per heavy atom. The number of carbonyl (C=O) groups is 1. The molecular formula is C18H24N4OS. The Morgan fingerprint density at radius 2 is 2.12 bits per heavy atom. The number of anilines is 1. The standard InChI is InChI=1S/C18H24N4OS/c1-12-10-24-16-15(12)19-11-20-17(16)22-8-4-7-14(9-22)21(2)18(23)13-5-3-6-13/h10-11,13-14H,3-9H2,1-2H3. The minimum atomic E-state index is 0.274. The highest BCUT2D eigenvalue weighted by Crippen LogP contribution is 2.33. The number of amides is 1. The fourth-order valence-electron chi connectivity index (χ4n) is 3.77. The van der Waals surface area contributed by atoms with Gasteiger partial charge in [0.1, 0.15) is 12.1 Å². The lowest BCUT2D eigenvalue weighted by atomic mass is 9.84. The van der Waals surface area contributed by atoms with Crippen molar-refractivity contribution in [2.24, 2.45) is 5.92 Å². The number of aromatic nitrogens is 2. The zero-order chi connectivity index (χ0) is 16.7. The Hall–Kier alpha value is -1.69. The summed E-state index contributed by atoms with van der Waals surface area (Å²) in [6.07, 6.45) is 7.20. The van der Waals surface area contributed by atoms with Crippen LogP contribution in [0.3, 0.4) is 0 Å². The number of aryl methyl sites for hydroxylation is 1. The third kappa shape index (κ3) is 2.66. The Labute approximate surface area is 146 Å². The van der Waals surface area contributed by atoms with Crippen molar-refractivity contribution in [3.05, 3.63) is 17.3 Å². The van der Waals surface area contributed by atoms with E-state index in [1.807, 2.05) is 11.9 Å². The fourth-order valence-corrected chi connectivity index (χ4v) is 4.79. The number of thiophene rings is 1. The molecule has 4 rings (SSSR count). The molecule has 1 unspecified atom stereocenters. The van der Waals surface area contributed by atoms with Crippen molar-refractivity contribution in [1.82, 2.24) is 14.9 Å². The number of hydrogen-bond donors (Lipinski definition) is 0. The van der Waals surface area contributed by atoms with E-state index in [0.717, 1.165) is 50.1 Å². The maximum Gasteiger partial charge on any atom is 0.225 e. The summed E-state index contributed by atoms with van der Waals surface area (Å²) in [6, 6.07) is 0.290. The number of rotatable bonds is 3. The highest BCUT2D eigenvalue weighted by atomic mass is 32.1. The first-order chi connectivity index (χ1) is 11.6. The van der Waals surface area contributed by atoms with Crippen LogP contribution >= 0.6 is 11.3 Å². The lowest BCUT2D eigenvalue weighted by Gasteiger charge is -2.40. The Morgan fingerprint density at radius 1 is 1.29 bits per heavy atom. The first-order valence-corrected chi connectivity index (χ1v) is 9.73. The number of fused-ring (bicyclic) bond motifs is 1. The van der Waals surface area contributed by atoms with Gasteiger partial charge in [-0.3, -0.25) is 4.79 Å². The normalized spacial score (nSPS) is 21.8. The van der Waals surface area contributed by atoms with Crippen molar-refractivity contribution >= 4 is 33.3 Å². The molecule has 0 radical (unpaired) electrons. The van der Waals surface area contributed by atoms with Gasteiger partial charge in [0.15, 0.2) is 0 Å². The number of likely N-dealkylation sites (N-methyl/N-ethyl adjacent to an activating group) is 1. The molecule has 0 N–H and O–H groups in total. The smallest absolute Gasteiger partial charge is 0.225 e. The van der Waals surface area contributed by atoms with Crippen molar-refractivity contribution in [1.29, 1.82) is 0 Å². The van der Waals surface area contributed by atoms with Gasteiger partial charge in [-0.1, -0.05) is 6.42 Å². The van der Waals surface area contributed by atoms with Gasteiger partial charge in [-0.15, -0.1) is 11.3 Å². The molecule has 1 saturated heterocycles. The van der Waals surface area contributed by atoms with E-state index < -0.39 is 0 Å². The highest BCUT2D eigenvalue weighted by Gasteiger charge is 2.33. The Kier molecular flexibility index (Phi) is 4.16. The average molecular weight is 344 g/mol. The fraction of sp³-hybridized carbons (Fsp3) is 0.611. The van der Waals surface area contributed by atoms with Gasteiger partial charge < -0.3 is 9.80 Å². The van der Waals surface area contributed by atoms with E-state index in [2.05, 4.69) is 27.2 Å². The first-order valence-electron chi connectivity index (χ1n) is 8.85. The zero-order valence-corrected chi connectivity index (χ0v) is 15.2. The van der Waals surface area contributed by atoms with Crippen molar-refractivity contribution in [3.8, 4) is 0 Å². The summed E-state index contributed by atoms with van der Waals surface area (Å²) in [5.41, 5.74) is 2.27. The molecule has 2 aromatic rings. The summed E-state index contributed by atoms with van der Waals surface area (Å²) in [4.78, 5) is 25.9. The molecule has 1 amide bonds. The van der Waals surface area contributed by atoms with E-state index in [1.54, 1.807) is 17.7 Å². The molecule has 2 aromatic heterocycles. The van der Waals surface area contributed by atoms with Gasteiger partial charge in [0.25, 0.3) is 0 Å². The molecule has 1 aliphatic carbocycles. The summed E-state index contributed by atoms with van der Waals surface area (Å²) in [5, 5.41) is 2.15. The summed E-state index contributed by atoms with van der Waals surface area (Å²) >= 11 is 1.72. The van der Waals surface area contributed by atoms with Crippen LogP contribution in [-0.4, -0.2) is 47.0 Å². The van der Waals surface area contributed by atoms with E-state index in [1.165, 1.54) is 16.7 Å². The largest absolute Gasteiger partial charge is 0.353 e. The van der Waals surface area contributed by atoms with Crippen LogP contribution in [0.4, 0.5) is 5.82 Å². The number of piperidine rings is 1. The molecular weight excluding hydrogens is 320 g/mol. The van der Waals surface area contributed by atoms with Gasteiger partial charge in [-0.2, -0.15) is 0 Å². The van der Waals surface area contributed by atoms with Gasteiger partial charge in [0, 0.05) is 32.1 Å². The molecule has 6 heteroatoms. The maximum atomic E-state index is 12.6. The van der Waals surface area contributed by atoms with Gasteiger partial charge in [-0.05, 0) is 43.6 Å². The van der Waals surface area contributed by atoms with Crippen molar-refractivity contribution < 1.29 is 4.79 Å². The van der Waals surface area contributed by atoms with Gasteiger partial charge >= 0.3 is 0 Å². The minimum absolute atomic E-state index is 0.274. The number of nitrogens with zero attached hydrogens (tertiary/aromatic N) is 4. The summed E-state index contributed by atoms with van der Waals surface area (Å²) in [6.45, 7) is 3.97. The molecule has 0 aromatic carbocycles. The van der Waals surface area contributed by atoms with E-state index in [0.29, 0.717) is 5.91 Å². The molecule has 0 bridgehead atoms. The van der Waals surface area contributed by atoms with Gasteiger partial charge in [0.05, 0.1) is 10.2 Å². The van der Waals surface area contributed by atoms with E-state index in [4.69, 9.17) is 0 Å². The van der Waals surface area contributed by atoms with Crippen LogP contribution in [0, 0.1) is 12.8 Å². The van der Waals surface area contributed by atoms with Gasteiger partial charge in [-0.25, -0.2) is 9.97 Å². The third-order valence-corrected chi connectivity index (χ3v) is 6.64. The predicted octanol–water partition coefficient (Wildman–Crippen LogP) is 3.23. The van der Waals surface area contributed by atoms with Crippen LogP contribution in [0.25, 0.3) is 10.2 Å². The van der Waals surface area contributed by atoms with Crippen LogP contribution in [0.1, 0.15) is 37.7 Å². The van der Waals surface area contributed by atoms with Crippen LogP contribution in [0.2, 0.25) is 0 Å². The van der Waals surface area contributed by atoms with Crippen LogP contribution in [-0.2, 0) is 4.79 Å². The lowest BCUT2D eigenvalue weighted by Crippen LogP contribution is -2.51. The summed E-state index contributed by atoms with van der Waals surface area (Å²) < 4.78 is 1.17. The third-order valence-electron chi connectivity index (χ3n) is 5.56. The van der Waals surface area contributed by atoms with Crippen LogP contribution < -0.4 is 4.90 Å². The maximum absolute atomic E-state index is 12.6. The van der Waals surface area contributed by atoms with Gasteiger partial charge in [0.2, 0.25) is 5.91 Å². The molecule has 1 saturated carbocycles. The molecule has 3 heterocycles. The molecule has 24 heavy (non-hydrogen) atoms. The second-order valence-electron chi connectivity index (χ2n) is 7.11. The van der Waals surface area contributed by atoms with Crippen molar-refractivity contribution in [2.45, 2.75) is 45.1 Å².